The zero-order chi connectivity index (χ0) is 17.9. The van der Waals surface area contributed by atoms with Crippen molar-refractivity contribution in [3.8, 4) is 6.07 Å². The van der Waals surface area contributed by atoms with Crippen LogP contribution in [-0.4, -0.2) is 37.9 Å². The van der Waals surface area contributed by atoms with Crippen LogP contribution in [-0.2, 0) is 14.8 Å². The molecule has 1 saturated heterocycles. The molecule has 7 heteroatoms. The first-order valence-electron chi connectivity index (χ1n) is 7.95. The minimum atomic E-state index is -3.57. The lowest BCUT2D eigenvalue weighted by molar-refractivity contribution is 0.0435. The molecule has 1 fully saturated rings. The van der Waals surface area contributed by atoms with Crippen LogP contribution in [0.25, 0.3) is 0 Å². The highest BCUT2D eigenvalue weighted by Gasteiger charge is 2.31. The smallest absolute Gasteiger partial charge is 0.339 e. The summed E-state index contributed by atoms with van der Waals surface area (Å²) >= 11 is 0. The van der Waals surface area contributed by atoms with Crippen molar-refractivity contribution >= 4 is 16.0 Å². The lowest BCUT2D eigenvalue weighted by Gasteiger charge is -2.34. The third-order valence-electron chi connectivity index (χ3n) is 4.03. The summed E-state index contributed by atoms with van der Waals surface area (Å²) in [7, 11) is -3.57. The van der Waals surface area contributed by atoms with Crippen molar-refractivity contribution in [2.24, 2.45) is 11.8 Å². The Morgan fingerprint density at radius 2 is 1.79 bits per heavy atom. The Bertz CT molecular complexity index is 727. The molecule has 0 aliphatic carbocycles. The number of benzene rings is 1. The number of nitriles is 1. The second-order valence-electron chi connectivity index (χ2n) is 6.47. The number of nitrogens with zero attached hydrogens (tertiary/aromatic N) is 2. The second kappa shape index (κ2) is 7.32. The molecule has 130 valence electrons. The first-order chi connectivity index (χ1) is 11.2. The largest absolute Gasteiger partial charge is 0.444 e. The molecule has 0 saturated carbocycles. The summed E-state index contributed by atoms with van der Waals surface area (Å²) in [5.74, 6) is 0.00343. The molecular formula is C17H22N2O4S. The predicted octanol–water partition coefficient (Wildman–Crippen LogP) is 2.42. The Balaban J connectivity index is 2.17. The number of hydrogen-bond acceptors (Lipinski definition) is 5. The summed E-state index contributed by atoms with van der Waals surface area (Å²) in [5.41, 5.74) is 0.219. The van der Waals surface area contributed by atoms with E-state index in [9.17, 15) is 13.2 Å². The van der Waals surface area contributed by atoms with E-state index in [-0.39, 0.29) is 10.5 Å². The van der Waals surface area contributed by atoms with Gasteiger partial charge in [-0.1, -0.05) is 13.8 Å². The van der Waals surface area contributed by atoms with Gasteiger partial charge < -0.3 is 4.74 Å². The minimum Gasteiger partial charge on any atom is -0.444 e. The van der Waals surface area contributed by atoms with Gasteiger partial charge in [0, 0.05) is 13.1 Å². The second-order valence-corrected chi connectivity index (χ2v) is 8.41. The molecule has 1 aliphatic rings. The molecule has 3 atom stereocenters. The Hall–Kier alpha value is -1.91. The van der Waals surface area contributed by atoms with Gasteiger partial charge in [-0.05, 0) is 49.4 Å². The van der Waals surface area contributed by atoms with Crippen LogP contribution in [0, 0.1) is 23.2 Å². The SMILES string of the molecule is C[C@@H]1C[C@@H](C)CN(S(=O)(=O)c2ccc(C(=O)O[C@@H](C)C#N)cc2)C1. The van der Waals surface area contributed by atoms with E-state index in [1.54, 1.807) is 6.07 Å². The maximum atomic E-state index is 12.8. The van der Waals surface area contributed by atoms with Gasteiger partial charge in [-0.25, -0.2) is 13.2 Å². The van der Waals surface area contributed by atoms with E-state index in [0.29, 0.717) is 24.9 Å². The van der Waals surface area contributed by atoms with Gasteiger partial charge in [0.15, 0.2) is 6.10 Å². The van der Waals surface area contributed by atoms with Gasteiger partial charge in [0.25, 0.3) is 0 Å². The molecule has 2 rings (SSSR count). The van der Waals surface area contributed by atoms with E-state index < -0.39 is 22.1 Å². The Morgan fingerprint density at radius 1 is 1.25 bits per heavy atom. The summed E-state index contributed by atoms with van der Waals surface area (Å²) in [5, 5.41) is 8.66. The van der Waals surface area contributed by atoms with Gasteiger partial charge in [-0.2, -0.15) is 9.57 Å². The van der Waals surface area contributed by atoms with Gasteiger partial charge >= 0.3 is 5.97 Å². The van der Waals surface area contributed by atoms with Crippen molar-refractivity contribution in [2.45, 2.75) is 38.2 Å². The number of carbonyl (C=O) groups is 1. The number of sulfonamides is 1. The maximum absolute atomic E-state index is 12.8. The highest BCUT2D eigenvalue weighted by atomic mass is 32.2. The monoisotopic (exact) mass is 350 g/mol. The van der Waals surface area contributed by atoms with E-state index in [0.717, 1.165) is 6.42 Å². The Morgan fingerprint density at radius 3 is 2.29 bits per heavy atom. The Labute approximate surface area is 143 Å². The lowest BCUT2D eigenvalue weighted by atomic mass is 9.94. The zero-order valence-corrected chi connectivity index (χ0v) is 14.9. The van der Waals surface area contributed by atoms with Gasteiger partial charge in [0.05, 0.1) is 10.5 Å². The Kier molecular flexibility index (Phi) is 5.62. The molecule has 0 spiro atoms. The standard InChI is InChI=1S/C17H22N2O4S/c1-12-8-13(2)11-19(10-12)24(21,22)16-6-4-15(5-7-16)17(20)23-14(3)9-18/h4-7,12-14H,8,10-11H2,1-3H3/t12-,13-,14+/m1/s1. The topological polar surface area (TPSA) is 87.5 Å². The van der Waals surface area contributed by atoms with Gasteiger partial charge in [0.2, 0.25) is 10.0 Å². The van der Waals surface area contributed by atoms with Crippen LogP contribution in [0.4, 0.5) is 0 Å². The lowest BCUT2D eigenvalue weighted by Crippen LogP contribution is -2.42. The number of esters is 1. The first kappa shape index (κ1) is 18.4. The predicted molar refractivity (Wildman–Crippen MR) is 88.6 cm³/mol. The minimum absolute atomic E-state index is 0.161. The van der Waals surface area contributed by atoms with Crippen molar-refractivity contribution in [3.63, 3.8) is 0 Å². The zero-order valence-electron chi connectivity index (χ0n) is 14.1. The van der Waals surface area contributed by atoms with E-state index in [1.165, 1.54) is 35.5 Å². The number of carbonyl (C=O) groups excluding carboxylic acids is 1. The molecule has 0 radical (unpaired) electrons. The normalized spacial score (nSPS) is 23.2. The van der Waals surface area contributed by atoms with E-state index >= 15 is 0 Å². The molecule has 0 aromatic heterocycles. The van der Waals surface area contributed by atoms with Crippen LogP contribution < -0.4 is 0 Å². The number of rotatable bonds is 4. The molecule has 1 aliphatic heterocycles. The van der Waals surface area contributed by atoms with Crippen LogP contribution in [0.15, 0.2) is 29.2 Å². The first-order valence-corrected chi connectivity index (χ1v) is 9.39. The molecule has 0 bridgehead atoms. The van der Waals surface area contributed by atoms with Gasteiger partial charge in [-0.15, -0.1) is 0 Å². The summed E-state index contributed by atoms with van der Waals surface area (Å²) in [6.45, 7) is 6.59. The average Bonchev–Trinajstić information content (AvgIpc) is 2.53. The van der Waals surface area contributed by atoms with E-state index in [2.05, 4.69) is 0 Å². The molecule has 1 heterocycles. The quantitative estimate of drug-likeness (QED) is 0.778. The molecule has 0 unspecified atom stereocenters. The maximum Gasteiger partial charge on any atom is 0.339 e. The van der Waals surface area contributed by atoms with Crippen molar-refractivity contribution in [3.05, 3.63) is 29.8 Å². The molecule has 1 aromatic carbocycles. The fraction of sp³-hybridized carbons (Fsp3) is 0.529. The summed E-state index contributed by atoms with van der Waals surface area (Å²) in [4.78, 5) is 12.0. The summed E-state index contributed by atoms with van der Waals surface area (Å²) in [6, 6.07) is 7.45. The highest BCUT2D eigenvalue weighted by Crippen LogP contribution is 2.26. The van der Waals surface area contributed by atoms with Crippen LogP contribution in [0.5, 0.6) is 0 Å². The molecule has 6 nitrogen and oxygen atoms in total. The van der Waals surface area contributed by atoms with Crippen molar-refractivity contribution in [1.29, 1.82) is 5.26 Å². The third kappa shape index (κ3) is 4.13. The van der Waals surface area contributed by atoms with Crippen molar-refractivity contribution in [1.82, 2.24) is 4.31 Å². The number of ether oxygens (including phenoxy) is 1. The molecule has 0 N–H and O–H groups in total. The molecule has 24 heavy (non-hydrogen) atoms. The van der Waals surface area contributed by atoms with Gasteiger partial charge in [0.1, 0.15) is 6.07 Å². The van der Waals surface area contributed by atoms with Crippen LogP contribution in [0.2, 0.25) is 0 Å². The van der Waals surface area contributed by atoms with Crippen LogP contribution in [0.3, 0.4) is 0 Å². The van der Waals surface area contributed by atoms with Crippen molar-refractivity contribution in [2.75, 3.05) is 13.1 Å². The summed E-state index contributed by atoms with van der Waals surface area (Å²) < 4.78 is 31.9. The van der Waals surface area contributed by atoms with Crippen LogP contribution in [0.1, 0.15) is 37.6 Å². The van der Waals surface area contributed by atoms with E-state index in [4.69, 9.17) is 10.00 Å². The fourth-order valence-electron chi connectivity index (χ4n) is 2.97. The van der Waals surface area contributed by atoms with Crippen LogP contribution >= 0.6 is 0 Å². The molecule has 0 amide bonds. The van der Waals surface area contributed by atoms with Gasteiger partial charge in [-0.3, -0.25) is 0 Å². The fourth-order valence-corrected chi connectivity index (χ4v) is 4.65. The molecular weight excluding hydrogens is 328 g/mol. The number of piperidine rings is 1. The van der Waals surface area contributed by atoms with Crippen molar-refractivity contribution < 1.29 is 17.9 Å². The number of hydrogen-bond donors (Lipinski definition) is 0. The third-order valence-corrected chi connectivity index (χ3v) is 5.87. The summed E-state index contributed by atoms with van der Waals surface area (Å²) in [6.07, 6.45) is 0.172. The highest BCUT2D eigenvalue weighted by molar-refractivity contribution is 7.89. The van der Waals surface area contributed by atoms with E-state index in [1.807, 2.05) is 13.8 Å². The average molecular weight is 350 g/mol. The molecule has 1 aromatic rings.